The fourth-order valence-electron chi connectivity index (χ4n) is 3.39. The maximum Gasteiger partial charge on any atom is 0.226 e. The van der Waals surface area contributed by atoms with E-state index in [4.69, 9.17) is 16.3 Å². The van der Waals surface area contributed by atoms with Crippen LogP contribution in [0.25, 0.3) is 0 Å². The van der Waals surface area contributed by atoms with E-state index in [1.165, 1.54) is 0 Å². The average molecular weight is 388 g/mol. The first-order chi connectivity index (χ1) is 13.1. The van der Waals surface area contributed by atoms with E-state index in [0.717, 1.165) is 11.3 Å². The third-order valence-corrected chi connectivity index (χ3v) is 5.04. The number of benzene rings is 1. The molecule has 3 rings (SSSR count). The first kappa shape index (κ1) is 19.3. The molecule has 0 aliphatic carbocycles. The van der Waals surface area contributed by atoms with Crippen molar-refractivity contribution in [3.63, 3.8) is 0 Å². The summed E-state index contributed by atoms with van der Waals surface area (Å²) >= 11 is 6.38. The number of nitrogens with one attached hydrogen (secondary N) is 1. The number of rotatable bonds is 7. The third-order valence-electron chi connectivity index (χ3n) is 4.70. The monoisotopic (exact) mass is 387 g/mol. The second kappa shape index (κ2) is 8.97. The van der Waals surface area contributed by atoms with Gasteiger partial charge in [-0.25, -0.2) is 0 Å². The van der Waals surface area contributed by atoms with Gasteiger partial charge in [0.1, 0.15) is 0 Å². The topological polar surface area (TPSA) is 71.5 Å². The number of likely N-dealkylation sites (tertiary alicyclic amines) is 1. The quantitative estimate of drug-likeness (QED) is 0.792. The Morgan fingerprint density at radius 2 is 2.07 bits per heavy atom. The molecule has 1 saturated heterocycles. The van der Waals surface area contributed by atoms with E-state index in [1.807, 2.05) is 36.4 Å². The van der Waals surface area contributed by atoms with Gasteiger partial charge in [0.05, 0.1) is 30.8 Å². The summed E-state index contributed by atoms with van der Waals surface area (Å²) in [5.41, 5.74) is 1.54. The maximum absolute atomic E-state index is 12.9. The van der Waals surface area contributed by atoms with Crippen LogP contribution in [0.2, 0.25) is 5.02 Å². The van der Waals surface area contributed by atoms with E-state index in [1.54, 1.807) is 24.3 Å². The minimum absolute atomic E-state index is 0.0741. The van der Waals surface area contributed by atoms with Crippen molar-refractivity contribution < 1.29 is 14.3 Å². The van der Waals surface area contributed by atoms with Gasteiger partial charge in [0.15, 0.2) is 0 Å². The molecule has 0 radical (unpaired) electrons. The van der Waals surface area contributed by atoms with Crippen molar-refractivity contribution >= 4 is 23.4 Å². The lowest BCUT2D eigenvalue weighted by atomic mass is 9.92. The first-order valence-electron chi connectivity index (χ1n) is 8.82. The molecule has 1 aromatic carbocycles. The summed E-state index contributed by atoms with van der Waals surface area (Å²) < 4.78 is 5.13. The largest absolute Gasteiger partial charge is 0.383 e. The molecule has 1 N–H and O–H groups in total. The van der Waals surface area contributed by atoms with Gasteiger partial charge >= 0.3 is 0 Å². The van der Waals surface area contributed by atoms with Crippen LogP contribution in [0.15, 0.2) is 48.7 Å². The number of nitrogens with zero attached hydrogens (tertiary/aromatic N) is 2. The van der Waals surface area contributed by atoms with Gasteiger partial charge in [-0.15, -0.1) is 0 Å². The summed E-state index contributed by atoms with van der Waals surface area (Å²) in [6.45, 7) is 1.13. The zero-order chi connectivity index (χ0) is 19.2. The average Bonchev–Trinajstić information content (AvgIpc) is 3.02. The smallest absolute Gasteiger partial charge is 0.226 e. The van der Waals surface area contributed by atoms with E-state index >= 15 is 0 Å². The van der Waals surface area contributed by atoms with Crippen molar-refractivity contribution in [1.29, 1.82) is 0 Å². The van der Waals surface area contributed by atoms with Gasteiger partial charge < -0.3 is 15.0 Å². The lowest BCUT2D eigenvalue weighted by Gasteiger charge is -2.28. The number of carbonyl (C=O) groups is 2. The lowest BCUT2D eigenvalue weighted by Crippen LogP contribution is -2.37. The highest BCUT2D eigenvalue weighted by Gasteiger charge is 2.44. The molecule has 1 aliphatic rings. The Hall–Kier alpha value is -2.44. The summed E-state index contributed by atoms with van der Waals surface area (Å²) in [7, 11) is 1.59. The fraction of sp³-hybridized carbons (Fsp3) is 0.350. The summed E-state index contributed by atoms with van der Waals surface area (Å²) in [5.74, 6) is -0.772. The highest BCUT2D eigenvalue weighted by molar-refractivity contribution is 6.31. The number of amides is 2. The molecule has 0 unspecified atom stereocenters. The van der Waals surface area contributed by atoms with Gasteiger partial charge in [-0.1, -0.05) is 35.9 Å². The van der Waals surface area contributed by atoms with Crippen molar-refractivity contribution in [2.24, 2.45) is 5.92 Å². The summed E-state index contributed by atoms with van der Waals surface area (Å²) in [5, 5.41) is 3.45. The number of hydrogen-bond acceptors (Lipinski definition) is 4. The maximum atomic E-state index is 12.9. The van der Waals surface area contributed by atoms with Crippen LogP contribution in [-0.2, 0) is 20.9 Å². The Labute approximate surface area is 163 Å². The van der Waals surface area contributed by atoms with E-state index < -0.39 is 12.0 Å². The summed E-state index contributed by atoms with van der Waals surface area (Å²) in [6.07, 6.45) is 1.83. The zero-order valence-corrected chi connectivity index (χ0v) is 15.9. The predicted octanol–water partition coefficient (Wildman–Crippen LogP) is 2.59. The molecule has 1 fully saturated rings. The SMILES string of the molecule is COCCN1C(=O)C[C@@H](C(=O)NCc2ccccn2)[C@@H]1c1ccccc1Cl. The van der Waals surface area contributed by atoms with E-state index in [2.05, 4.69) is 10.3 Å². The van der Waals surface area contributed by atoms with Crippen LogP contribution in [0.1, 0.15) is 23.7 Å². The molecule has 7 heteroatoms. The Kier molecular flexibility index (Phi) is 6.42. The number of pyridine rings is 1. The van der Waals surface area contributed by atoms with Crippen molar-refractivity contribution in [2.75, 3.05) is 20.3 Å². The Morgan fingerprint density at radius 3 is 2.78 bits per heavy atom. The van der Waals surface area contributed by atoms with Gasteiger partial charge in [0.2, 0.25) is 11.8 Å². The molecule has 0 bridgehead atoms. The van der Waals surface area contributed by atoms with Crippen LogP contribution < -0.4 is 5.32 Å². The molecule has 2 heterocycles. The van der Waals surface area contributed by atoms with Crippen LogP contribution in [0.3, 0.4) is 0 Å². The van der Waals surface area contributed by atoms with Crippen molar-refractivity contribution in [1.82, 2.24) is 15.2 Å². The normalized spacial score (nSPS) is 19.3. The van der Waals surface area contributed by atoms with Crippen LogP contribution in [-0.4, -0.2) is 42.0 Å². The van der Waals surface area contributed by atoms with Gasteiger partial charge in [-0.3, -0.25) is 14.6 Å². The summed E-state index contributed by atoms with van der Waals surface area (Å²) in [6, 6.07) is 12.5. The number of ether oxygens (including phenoxy) is 1. The molecule has 27 heavy (non-hydrogen) atoms. The fourth-order valence-corrected chi connectivity index (χ4v) is 3.64. The minimum Gasteiger partial charge on any atom is -0.383 e. The number of methoxy groups -OCH3 is 1. The number of aromatic nitrogens is 1. The van der Waals surface area contributed by atoms with Crippen molar-refractivity contribution in [2.45, 2.75) is 19.0 Å². The lowest BCUT2D eigenvalue weighted by molar-refractivity contribution is -0.129. The van der Waals surface area contributed by atoms with Crippen LogP contribution in [0.4, 0.5) is 0 Å². The van der Waals surface area contributed by atoms with E-state index in [0.29, 0.717) is 24.7 Å². The Bertz CT molecular complexity index is 800. The number of carbonyl (C=O) groups excluding carboxylic acids is 2. The molecule has 2 atom stereocenters. The molecule has 0 saturated carbocycles. The zero-order valence-electron chi connectivity index (χ0n) is 15.1. The molecular formula is C20H22ClN3O3. The van der Waals surface area contributed by atoms with Crippen molar-refractivity contribution in [3.05, 3.63) is 64.9 Å². The third kappa shape index (κ3) is 4.46. The molecule has 2 amide bonds. The van der Waals surface area contributed by atoms with Gasteiger partial charge in [-0.2, -0.15) is 0 Å². The Morgan fingerprint density at radius 1 is 1.30 bits per heavy atom. The van der Waals surface area contributed by atoms with E-state index in [9.17, 15) is 9.59 Å². The molecule has 1 aliphatic heterocycles. The second-order valence-electron chi connectivity index (χ2n) is 6.40. The predicted molar refractivity (Wildman–Crippen MR) is 102 cm³/mol. The highest BCUT2D eigenvalue weighted by atomic mass is 35.5. The van der Waals surface area contributed by atoms with Gasteiger partial charge in [0, 0.05) is 31.3 Å². The first-order valence-corrected chi connectivity index (χ1v) is 9.20. The second-order valence-corrected chi connectivity index (χ2v) is 6.80. The minimum atomic E-state index is -0.516. The molecule has 142 valence electrons. The van der Waals surface area contributed by atoms with E-state index in [-0.39, 0.29) is 18.2 Å². The van der Waals surface area contributed by atoms with Crippen LogP contribution in [0, 0.1) is 5.92 Å². The molecular weight excluding hydrogens is 366 g/mol. The summed E-state index contributed by atoms with van der Waals surface area (Å²) in [4.78, 5) is 31.4. The highest BCUT2D eigenvalue weighted by Crippen LogP contribution is 2.40. The van der Waals surface area contributed by atoms with Crippen LogP contribution in [0.5, 0.6) is 0 Å². The molecule has 1 aromatic heterocycles. The Balaban J connectivity index is 1.82. The molecule has 6 nitrogen and oxygen atoms in total. The standard InChI is InChI=1S/C20H22ClN3O3/c1-27-11-10-24-18(25)12-16(19(24)15-7-2-3-8-17(15)21)20(26)23-13-14-6-4-5-9-22-14/h2-9,16,19H,10-13H2,1H3,(H,23,26)/t16-,19+/m1/s1. The number of hydrogen-bond donors (Lipinski definition) is 1. The molecule has 0 spiro atoms. The molecule has 2 aromatic rings. The van der Waals surface area contributed by atoms with Gasteiger partial charge in [-0.05, 0) is 23.8 Å². The van der Waals surface area contributed by atoms with Crippen LogP contribution >= 0.6 is 11.6 Å². The van der Waals surface area contributed by atoms with Gasteiger partial charge in [0.25, 0.3) is 0 Å². The van der Waals surface area contributed by atoms with Crippen molar-refractivity contribution in [3.8, 4) is 0 Å². The number of halogens is 1.